The van der Waals surface area contributed by atoms with E-state index in [1.165, 1.54) is 13.0 Å². The Kier molecular flexibility index (Phi) is 2.44. The van der Waals surface area contributed by atoms with Gasteiger partial charge in [-0.1, -0.05) is 6.07 Å². The zero-order valence-corrected chi connectivity index (χ0v) is 7.62. The molecule has 0 radical (unpaired) electrons. The summed E-state index contributed by atoms with van der Waals surface area (Å²) in [6, 6.07) is 3.45. The van der Waals surface area contributed by atoms with Crippen molar-refractivity contribution in [1.82, 2.24) is 0 Å². The Bertz CT molecular complexity index is 377. The van der Waals surface area contributed by atoms with E-state index >= 15 is 0 Å². The van der Waals surface area contributed by atoms with Crippen molar-refractivity contribution in [1.29, 1.82) is 0 Å². The molecule has 0 aromatic heterocycles. The van der Waals surface area contributed by atoms with E-state index in [-0.39, 0.29) is 11.3 Å². The van der Waals surface area contributed by atoms with Crippen molar-refractivity contribution in [3.63, 3.8) is 0 Å². The fourth-order valence-corrected chi connectivity index (χ4v) is 1.12. The first-order valence-electron chi connectivity index (χ1n) is 3.93. The summed E-state index contributed by atoms with van der Waals surface area (Å²) < 4.78 is 12.7. The van der Waals surface area contributed by atoms with Gasteiger partial charge in [0.15, 0.2) is 0 Å². The molecule has 5 heteroatoms. The number of halogens is 1. The second-order valence-corrected chi connectivity index (χ2v) is 3.24. The number of hydrogen-bond acceptors (Lipinski definition) is 3. The number of nitrogen functional groups attached to an aromatic ring is 1. The number of carboxylic acid groups (broad SMARTS) is 1. The summed E-state index contributed by atoms with van der Waals surface area (Å²) in [5.74, 6) is -1.73. The van der Waals surface area contributed by atoms with Crippen LogP contribution in [0.4, 0.5) is 10.1 Å². The summed E-state index contributed by atoms with van der Waals surface area (Å²) in [5, 5.41) is 8.81. The Labute approximate surface area is 80.3 Å². The highest BCUT2D eigenvalue weighted by Gasteiger charge is 2.32. The fraction of sp³-hybridized carbons (Fsp3) is 0.222. The molecular formula is C9H11FN2O2. The molecule has 76 valence electrons. The Morgan fingerprint density at radius 3 is 2.57 bits per heavy atom. The second-order valence-electron chi connectivity index (χ2n) is 3.24. The molecule has 4 nitrogen and oxygen atoms in total. The highest BCUT2D eigenvalue weighted by atomic mass is 19.1. The standard InChI is InChI=1S/C9H11FN2O2/c1-9(12,8(13)14)6-3-2-5(10)4-7(6)11/h2-4H,11-12H2,1H3,(H,13,14). The highest BCUT2D eigenvalue weighted by Crippen LogP contribution is 2.24. The maximum Gasteiger partial charge on any atom is 0.328 e. The highest BCUT2D eigenvalue weighted by molar-refractivity contribution is 5.82. The molecule has 0 amide bonds. The molecule has 0 saturated heterocycles. The lowest BCUT2D eigenvalue weighted by Gasteiger charge is -2.21. The summed E-state index contributed by atoms with van der Waals surface area (Å²) in [5.41, 5.74) is 9.63. The van der Waals surface area contributed by atoms with E-state index in [1.807, 2.05) is 0 Å². The van der Waals surface area contributed by atoms with Crippen LogP contribution in [0.5, 0.6) is 0 Å². The summed E-state index contributed by atoms with van der Waals surface area (Å²) in [7, 11) is 0. The summed E-state index contributed by atoms with van der Waals surface area (Å²) in [4.78, 5) is 10.8. The van der Waals surface area contributed by atoms with E-state index in [1.54, 1.807) is 0 Å². The van der Waals surface area contributed by atoms with Crippen molar-refractivity contribution < 1.29 is 14.3 Å². The molecule has 0 aliphatic carbocycles. The first-order chi connectivity index (χ1) is 6.35. The number of nitrogens with two attached hydrogens (primary N) is 2. The van der Waals surface area contributed by atoms with Crippen LogP contribution in [0, 0.1) is 5.82 Å². The number of aliphatic carboxylic acids is 1. The molecule has 0 fully saturated rings. The zero-order valence-electron chi connectivity index (χ0n) is 7.62. The lowest BCUT2D eigenvalue weighted by Crippen LogP contribution is -2.42. The number of rotatable bonds is 2. The molecule has 0 saturated carbocycles. The first-order valence-corrected chi connectivity index (χ1v) is 3.93. The van der Waals surface area contributed by atoms with E-state index in [4.69, 9.17) is 16.6 Å². The number of anilines is 1. The van der Waals surface area contributed by atoms with Crippen molar-refractivity contribution in [2.75, 3.05) is 5.73 Å². The normalized spacial score (nSPS) is 14.8. The van der Waals surface area contributed by atoms with Crippen LogP contribution < -0.4 is 11.5 Å². The molecule has 0 aliphatic heterocycles. The summed E-state index contributed by atoms with van der Waals surface area (Å²) in [6.07, 6.45) is 0. The van der Waals surface area contributed by atoms with E-state index in [0.717, 1.165) is 12.1 Å². The van der Waals surface area contributed by atoms with Gasteiger partial charge in [-0.3, -0.25) is 0 Å². The van der Waals surface area contributed by atoms with Crippen LogP contribution in [0.3, 0.4) is 0 Å². The van der Waals surface area contributed by atoms with Gasteiger partial charge in [-0.05, 0) is 19.1 Å². The summed E-state index contributed by atoms with van der Waals surface area (Å²) >= 11 is 0. The van der Waals surface area contributed by atoms with Gasteiger partial charge in [0.2, 0.25) is 0 Å². The smallest absolute Gasteiger partial charge is 0.328 e. The van der Waals surface area contributed by atoms with Crippen LogP contribution >= 0.6 is 0 Å². The lowest BCUT2D eigenvalue weighted by atomic mass is 9.92. The van der Waals surface area contributed by atoms with Crippen LogP contribution in [-0.4, -0.2) is 11.1 Å². The molecule has 0 spiro atoms. The summed E-state index contributed by atoms with van der Waals surface area (Å²) in [6.45, 7) is 1.30. The minimum absolute atomic E-state index is 0.0393. The topological polar surface area (TPSA) is 89.3 Å². The minimum Gasteiger partial charge on any atom is -0.480 e. The first kappa shape index (κ1) is 10.5. The van der Waals surface area contributed by atoms with Crippen LogP contribution in [0.1, 0.15) is 12.5 Å². The average Bonchev–Trinajstić information content (AvgIpc) is 2.02. The molecule has 1 aromatic rings. The van der Waals surface area contributed by atoms with E-state index in [2.05, 4.69) is 0 Å². The van der Waals surface area contributed by atoms with Gasteiger partial charge in [-0.25, -0.2) is 9.18 Å². The van der Waals surface area contributed by atoms with Crippen molar-refractivity contribution in [2.45, 2.75) is 12.5 Å². The van der Waals surface area contributed by atoms with Gasteiger partial charge in [0, 0.05) is 11.3 Å². The van der Waals surface area contributed by atoms with Crippen molar-refractivity contribution in [3.8, 4) is 0 Å². The van der Waals surface area contributed by atoms with Crippen LogP contribution in [0.25, 0.3) is 0 Å². The number of hydrogen-bond donors (Lipinski definition) is 3. The lowest BCUT2D eigenvalue weighted by molar-refractivity contribution is -0.143. The maximum atomic E-state index is 12.7. The van der Waals surface area contributed by atoms with Crippen molar-refractivity contribution in [3.05, 3.63) is 29.6 Å². The predicted molar refractivity (Wildman–Crippen MR) is 50.0 cm³/mol. The molecular weight excluding hydrogens is 187 g/mol. The van der Waals surface area contributed by atoms with Crippen LogP contribution in [0.15, 0.2) is 18.2 Å². The van der Waals surface area contributed by atoms with Gasteiger partial charge in [-0.15, -0.1) is 0 Å². The largest absolute Gasteiger partial charge is 0.480 e. The number of carboxylic acids is 1. The van der Waals surface area contributed by atoms with E-state index in [0.29, 0.717) is 0 Å². The van der Waals surface area contributed by atoms with Gasteiger partial charge in [0.05, 0.1) is 0 Å². The predicted octanol–water partition coefficient (Wildman–Crippen LogP) is 0.666. The average molecular weight is 198 g/mol. The SMILES string of the molecule is CC(N)(C(=O)O)c1ccc(F)cc1N. The van der Waals surface area contributed by atoms with Gasteiger partial charge in [0.1, 0.15) is 11.4 Å². The maximum absolute atomic E-state index is 12.7. The number of carbonyl (C=O) groups is 1. The second kappa shape index (κ2) is 3.26. The van der Waals surface area contributed by atoms with Gasteiger partial charge in [-0.2, -0.15) is 0 Å². The third kappa shape index (κ3) is 1.67. The minimum atomic E-state index is -1.60. The monoisotopic (exact) mass is 198 g/mol. The molecule has 1 unspecified atom stereocenters. The molecule has 5 N–H and O–H groups in total. The molecule has 1 aromatic carbocycles. The third-order valence-corrected chi connectivity index (χ3v) is 2.02. The quantitative estimate of drug-likeness (QED) is 0.609. The number of benzene rings is 1. The molecule has 0 aliphatic rings. The fourth-order valence-electron chi connectivity index (χ4n) is 1.12. The van der Waals surface area contributed by atoms with E-state index < -0.39 is 17.3 Å². The molecule has 14 heavy (non-hydrogen) atoms. The van der Waals surface area contributed by atoms with Gasteiger partial charge in [0.25, 0.3) is 0 Å². The Morgan fingerprint density at radius 2 is 2.14 bits per heavy atom. The molecule has 1 rings (SSSR count). The molecule has 0 heterocycles. The van der Waals surface area contributed by atoms with Gasteiger partial charge >= 0.3 is 5.97 Å². The Balaban J connectivity index is 3.26. The van der Waals surface area contributed by atoms with Crippen molar-refractivity contribution in [2.24, 2.45) is 5.73 Å². The van der Waals surface area contributed by atoms with E-state index in [9.17, 15) is 9.18 Å². The Hall–Kier alpha value is -1.62. The third-order valence-electron chi connectivity index (χ3n) is 2.02. The van der Waals surface area contributed by atoms with Crippen LogP contribution in [-0.2, 0) is 10.3 Å². The van der Waals surface area contributed by atoms with Crippen LogP contribution in [0.2, 0.25) is 0 Å². The molecule has 1 atom stereocenters. The van der Waals surface area contributed by atoms with Gasteiger partial charge < -0.3 is 16.6 Å². The molecule has 0 bridgehead atoms. The zero-order chi connectivity index (χ0) is 10.9. The van der Waals surface area contributed by atoms with Crippen molar-refractivity contribution >= 4 is 11.7 Å². The Morgan fingerprint density at radius 1 is 1.57 bits per heavy atom.